The van der Waals surface area contributed by atoms with Crippen LogP contribution in [0.4, 0.5) is 0 Å². The Labute approximate surface area is 157 Å². The molecule has 7 nitrogen and oxygen atoms in total. The molecule has 0 aromatic carbocycles. The molecule has 2 aromatic rings. The summed E-state index contributed by atoms with van der Waals surface area (Å²) in [5.41, 5.74) is 2.92. The molecule has 1 aliphatic heterocycles. The third-order valence-corrected chi connectivity index (χ3v) is 5.47. The van der Waals surface area contributed by atoms with E-state index in [0.717, 1.165) is 21.8 Å². The molecule has 26 heavy (non-hydrogen) atoms. The van der Waals surface area contributed by atoms with Crippen LogP contribution in [0.1, 0.15) is 47.9 Å². The lowest BCUT2D eigenvalue weighted by molar-refractivity contribution is -0.125. The van der Waals surface area contributed by atoms with Gasteiger partial charge in [-0.05, 0) is 44.2 Å². The highest BCUT2D eigenvalue weighted by Crippen LogP contribution is 2.19. The van der Waals surface area contributed by atoms with Crippen molar-refractivity contribution in [1.29, 1.82) is 0 Å². The van der Waals surface area contributed by atoms with Gasteiger partial charge < -0.3 is 10.6 Å². The molecular weight excluding hydrogens is 350 g/mol. The minimum atomic E-state index is -0.341. The van der Waals surface area contributed by atoms with Crippen molar-refractivity contribution in [2.45, 2.75) is 58.9 Å². The summed E-state index contributed by atoms with van der Waals surface area (Å²) in [6.07, 6.45) is 1.17. The number of amides is 2. The number of thiophene rings is 1. The minimum absolute atomic E-state index is 0.0170. The number of carbonyl (C=O) groups excluding carboxylic acids is 2. The van der Waals surface area contributed by atoms with Gasteiger partial charge in [-0.3, -0.25) is 14.9 Å². The van der Waals surface area contributed by atoms with Crippen LogP contribution in [0, 0.1) is 13.8 Å². The Kier molecular flexibility index (Phi) is 5.73. The van der Waals surface area contributed by atoms with Crippen LogP contribution in [0.2, 0.25) is 0 Å². The van der Waals surface area contributed by atoms with Crippen molar-refractivity contribution < 1.29 is 9.59 Å². The van der Waals surface area contributed by atoms with Crippen LogP contribution in [0.15, 0.2) is 17.5 Å². The van der Waals surface area contributed by atoms with E-state index in [1.54, 1.807) is 11.3 Å². The van der Waals surface area contributed by atoms with Gasteiger partial charge in [0.1, 0.15) is 0 Å². The number of hydrogen-bond donors (Lipinski definition) is 3. The highest BCUT2D eigenvalue weighted by Gasteiger charge is 2.26. The Hall–Kier alpha value is -2.19. The largest absolute Gasteiger partial charge is 0.351 e. The summed E-state index contributed by atoms with van der Waals surface area (Å²) in [6, 6.07) is 4.09. The molecule has 1 aliphatic rings. The zero-order valence-electron chi connectivity index (χ0n) is 15.3. The zero-order valence-corrected chi connectivity index (χ0v) is 16.2. The van der Waals surface area contributed by atoms with Crippen molar-refractivity contribution in [2.24, 2.45) is 0 Å². The molecule has 3 rings (SSSR count). The van der Waals surface area contributed by atoms with E-state index in [1.807, 2.05) is 43.0 Å². The van der Waals surface area contributed by atoms with Gasteiger partial charge in [0.25, 0.3) is 0 Å². The number of hydrogen-bond acceptors (Lipinski definition) is 5. The maximum Gasteiger partial charge on any atom is 0.224 e. The van der Waals surface area contributed by atoms with E-state index in [1.165, 1.54) is 0 Å². The van der Waals surface area contributed by atoms with Crippen molar-refractivity contribution in [3.05, 3.63) is 39.3 Å². The number of aromatic nitrogens is 2. The van der Waals surface area contributed by atoms with E-state index >= 15 is 0 Å². The molecule has 0 spiro atoms. The second kappa shape index (κ2) is 8.01. The van der Waals surface area contributed by atoms with Crippen molar-refractivity contribution in [3.63, 3.8) is 0 Å². The monoisotopic (exact) mass is 375 g/mol. The van der Waals surface area contributed by atoms with Gasteiger partial charge in [0, 0.05) is 29.5 Å². The first-order chi connectivity index (χ1) is 12.4. The Morgan fingerprint density at radius 2 is 2.27 bits per heavy atom. The summed E-state index contributed by atoms with van der Waals surface area (Å²) < 4.78 is 1.81. The lowest BCUT2D eigenvalue weighted by Crippen LogP contribution is -2.52. The van der Waals surface area contributed by atoms with E-state index in [4.69, 9.17) is 0 Å². The summed E-state index contributed by atoms with van der Waals surface area (Å²) >= 11 is 1.63. The van der Waals surface area contributed by atoms with E-state index < -0.39 is 0 Å². The van der Waals surface area contributed by atoms with Crippen molar-refractivity contribution in [1.82, 2.24) is 25.7 Å². The molecule has 2 unspecified atom stereocenters. The lowest BCUT2D eigenvalue weighted by atomic mass is 10.1. The fourth-order valence-electron chi connectivity index (χ4n) is 3.23. The van der Waals surface area contributed by atoms with Gasteiger partial charge in [0.2, 0.25) is 11.8 Å². The highest BCUT2D eigenvalue weighted by molar-refractivity contribution is 7.09. The molecule has 0 radical (unpaired) electrons. The molecule has 0 aliphatic carbocycles. The third kappa shape index (κ3) is 4.31. The molecule has 3 heterocycles. The van der Waals surface area contributed by atoms with Gasteiger partial charge >= 0.3 is 0 Å². The average Bonchev–Trinajstić information content (AvgIpc) is 3.19. The summed E-state index contributed by atoms with van der Waals surface area (Å²) in [6.45, 7) is 6.47. The van der Waals surface area contributed by atoms with E-state index in [-0.39, 0.29) is 24.1 Å². The first-order valence-corrected chi connectivity index (χ1v) is 9.71. The highest BCUT2D eigenvalue weighted by atomic mass is 32.1. The SMILES string of the molecule is Cc1nn(C2NC(=O)CC(C)N2)c(C)c1CCC(=O)NCc1cccs1. The number of nitrogens with zero attached hydrogens (tertiary/aromatic N) is 2. The maximum atomic E-state index is 12.1. The van der Waals surface area contributed by atoms with E-state index in [2.05, 4.69) is 21.0 Å². The quantitative estimate of drug-likeness (QED) is 0.718. The Bertz CT molecular complexity index is 784. The fourth-order valence-corrected chi connectivity index (χ4v) is 3.87. The van der Waals surface area contributed by atoms with E-state index in [0.29, 0.717) is 25.8 Å². The Morgan fingerprint density at radius 3 is 2.96 bits per heavy atom. The van der Waals surface area contributed by atoms with Crippen LogP contribution in [-0.4, -0.2) is 27.6 Å². The molecule has 0 bridgehead atoms. The van der Waals surface area contributed by atoms with Crippen LogP contribution >= 0.6 is 11.3 Å². The molecule has 0 saturated carbocycles. The van der Waals surface area contributed by atoms with Gasteiger partial charge in [-0.15, -0.1) is 11.3 Å². The standard InChI is InChI=1S/C18H25N5O2S/c1-11-9-17(25)21-18(20-11)23-13(3)15(12(2)22-23)6-7-16(24)19-10-14-5-4-8-26-14/h4-5,8,11,18,20H,6-7,9-10H2,1-3H3,(H,19,24)(H,21,25). The molecule has 2 atom stereocenters. The molecule has 1 fully saturated rings. The summed E-state index contributed by atoms with van der Waals surface area (Å²) in [5.74, 6) is 0.0472. The maximum absolute atomic E-state index is 12.1. The Morgan fingerprint density at radius 1 is 1.46 bits per heavy atom. The first kappa shape index (κ1) is 18.6. The normalized spacial score (nSPS) is 20.0. The molecule has 8 heteroatoms. The number of nitrogens with one attached hydrogen (secondary N) is 3. The molecule has 2 aromatic heterocycles. The second-order valence-corrected chi connectivity index (χ2v) is 7.72. The third-order valence-electron chi connectivity index (χ3n) is 4.59. The van der Waals surface area contributed by atoms with E-state index in [9.17, 15) is 9.59 Å². The number of carbonyl (C=O) groups is 2. The predicted molar refractivity (Wildman–Crippen MR) is 101 cm³/mol. The number of rotatable bonds is 6. The number of aryl methyl sites for hydroxylation is 1. The van der Waals surface area contributed by atoms with Crippen molar-refractivity contribution in [2.75, 3.05) is 0 Å². The van der Waals surface area contributed by atoms with Crippen LogP contribution in [0.25, 0.3) is 0 Å². The summed E-state index contributed by atoms with van der Waals surface area (Å²) in [5, 5.41) is 15.8. The van der Waals surface area contributed by atoms with Crippen molar-refractivity contribution >= 4 is 23.2 Å². The molecule has 1 saturated heterocycles. The van der Waals surface area contributed by atoms with Gasteiger partial charge in [0.15, 0.2) is 6.29 Å². The fraction of sp³-hybridized carbons (Fsp3) is 0.500. The Balaban J connectivity index is 1.60. The second-order valence-electron chi connectivity index (χ2n) is 6.69. The average molecular weight is 375 g/mol. The van der Waals surface area contributed by atoms with Crippen LogP contribution < -0.4 is 16.0 Å². The molecule has 3 N–H and O–H groups in total. The van der Waals surface area contributed by atoms with Crippen LogP contribution in [0.3, 0.4) is 0 Å². The first-order valence-electron chi connectivity index (χ1n) is 8.83. The van der Waals surface area contributed by atoms with Gasteiger partial charge in [0.05, 0.1) is 12.2 Å². The van der Waals surface area contributed by atoms with Crippen LogP contribution in [0.5, 0.6) is 0 Å². The van der Waals surface area contributed by atoms with Gasteiger partial charge in [-0.25, -0.2) is 4.68 Å². The molecular formula is C18H25N5O2S. The van der Waals surface area contributed by atoms with Gasteiger partial charge in [-0.1, -0.05) is 6.07 Å². The predicted octanol–water partition coefficient (Wildman–Crippen LogP) is 1.76. The van der Waals surface area contributed by atoms with Crippen LogP contribution in [-0.2, 0) is 22.6 Å². The minimum Gasteiger partial charge on any atom is -0.351 e. The van der Waals surface area contributed by atoms with Gasteiger partial charge in [-0.2, -0.15) is 5.10 Å². The zero-order chi connectivity index (χ0) is 18.7. The molecule has 140 valence electrons. The topological polar surface area (TPSA) is 88.1 Å². The lowest BCUT2D eigenvalue weighted by Gasteiger charge is -2.30. The van der Waals surface area contributed by atoms with Crippen molar-refractivity contribution in [3.8, 4) is 0 Å². The summed E-state index contributed by atoms with van der Waals surface area (Å²) in [7, 11) is 0. The smallest absolute Gasteiger partial charge is 0.224 e. The molecule has 2 amide bonds. The summed E-state index contributed by atoms with van der Waals surface area (Å²) in [4.78, 5) is 25.1.